The Kier molecular flexibility index (Phi) is 6.96. The van der Waals surface area contributed by atoms with E-state index >= 15 is 0 Å². The predicted octanol–water partition coefficient (Wildman–Crippen LogP) is -0.793. The zero-order valence-corrected chi connectivity index (χ0v) is 17.3. The van der Waals surface area contributed by atoms with Crippen molar-refractivity contribution in [3.63, 3.8) is 0 Å². The van der Waals surface area contributed by atoms with Crippen LogP contribution in [0.25, 0.3) is 0 Å². The van der Waals surface area contributed by atoms with E-state index in [4.69, 9.17) is 0 Å². The van der Waals surface area contributed by atoms with Crippen LogP contribution in [0.2, 0.25) is 0 Å². The normalized spacial score (nSPS) is 25.9. The minimum absolute atomic E-state index is 0.164. The average molecular weight is 397 g/mol. The molecule has 0 spiro atoms. The zero-order chi connectivity index (χ0) is 20.3. The lowest BCUT2D eigenvalue weighted by molar-refractivity contribution is -0.141. The molecule has 2 heterocycles. The highest BCUT2D eigenvalue weighted by Gasteiger charge is 2.41. The van der Waals surface area contributed by atoms with Crippen molar-refractivity contribution in [2.45, 2.75) is 45.3 Å². The SMILES string of the molecule is C[C@H](O)C(=O)N1CCN(CC2(CN3CCN(C(=O)[C@H](C)O)CC3)CCC2)CC1. The van der Waals surface area contributed by atoms with Crippen LogP contribution in [0.4, 0.5) is 0 Å². The molecule has 0 aromatic heterocycles. The number of amides is 2. The Hall–Kier alpha value is -1.22. The second kappa shape index (κ2) is 9.07. The number of rotatable bonds is 6. The van der Waals surface area contributed by atoms with Gasteiger partial charge in [0, 0.05) is 65.4 Å². The van der Waals surface area contributed by atoms with Gasteiger partial charge in [-0.15, -0.1) is 0 Å². The van der Waals surface area contributed by atoms with Gasteiger partial charge in [0.05, 0.1) is 0 Å². The van der Waals surface area contributed by atoms with E-state index in [0.29, 0.717) is 31.6 Å². The maximum Gasteiger partial charge on any atom is 0.251 e. The minimum Gasteiger partial charge on any atom is -0.384 e. The highest BCUT2D eigenvalue weighted by atomic mass is 16.3. The Balaban J connectivity index is 1.45. The summed E-state index contributed by atoms with van der Waals surface area (Å²) in [6.45, 7) is 11.5. The van der Waals surface area contributed by atoms with Crippen LogP contribution in [0.3, 0.4) is 0 Å². The molecule has 8 heteroatoms. The lowest BCUT2D eigenvalue weighted by atomic mass is 9.68. The monoisotopic (exact) mass is 396 g/mol. The largest absolute Gasteiger partial charge is 0.384 e. The molecular weight excluding hydrogens is 360 g/mol. The second-order valence-corrected chi connectivity index (χ2v) is 8.91. The van der Waals surface area contributed by atoms with Gasteiger partial charge in [-0.2, -0.15) is 0 Å². The molecule has 8 nitrogen and oxygen atoms in total. The number of carbonyl (C=O) groups is 2. The first-order valence-electron chi connectivity index (χ1n) is 10.7. The van der Waals surface area contributed by atoms with Gasteiger partial charge in [0.2, 0.25) is 0 Å². The first-order chi connectivity index (χ1) is 13.3. The van der Waals surface area contributed by atoms with Crippen LogP contribution in [0.5, 0.6) is 0 Å². The maximum absolute atomic E-state index is 11.9. The van der Waals surface area contributed by atoms with Gasteiger partial charge in [-0.3, -0.25) is 19.4 Å². The maximum atomic E-state index is 11.9. The topological polar surface area (TPSA) is 87.6 Å². The van der Waals surface area contributed by atoms with Crippen LogP contribution >= 0.6 is 0 Å². The number of hydrogen-bond donors (Lipinski definition) is 2. The van der Waals surface area contributed by atoms with Gasteiger partial charge < -0.3 is 20.0 Å². The third kappa shape index (κ3) is 5.03. The summed E-state index contributed by atoms with van der Waals surface area (Å²) in [5, 5.41) is 19.0. The quantitative estimate of drug-likeness (QED) is 0.612. The Morgan fingerprint density at radius 1 is 0.750 bits per heavy atom. The summed E-state index contributed by atoms with van der Waals surface area (Å²) in [7, 11) is 0. The molecule has 0 aromatic carbocycles. The fourth-order valence-electron chi connectivity index (χ4n) is 4.77. The fourth-order valence-corrected chi connectivity index (χ4v) is 4.77. The van der Waals surface area contributed by atoms with Crippen molar-refractivity contribution in [1.29, 1.82) is 0 Å². The molecule has 0 unspecified atom stereocenters. The number of nitrogens with zero attached hydrogens (tertiary/aromatic N) is 4. The standard InChI is InChI=1S/C20H36N4O4/c1-16(25)18(27)23-10-6-21(7-11-23)14-20(4-3-5-20)15-22-8-12-24(13-9-22)19(28)17(2)26/h16-17,25-26H,3-15H2,1-2H3/t16-,17-/m0/s1. The summed E-state index contributed by atoms with van der Waals surface area (Å²) in [5.41, 5.74) is 0.326. The number of aliphatic hydroxyl groups is 2. The van der Waals surface area contributed by atoms with Crippen LogP contribution in [0, 0.1) is 5.41 Å². The Labute approximate surface area is 168 Å². The van der Waals surface area contributed by atoms with Crippen molar-refractivity contribution in [1.82, 2.24) is 19.6 Å². The van der Waals surface area contributed by atoms with Crippen LogP contribution in [-0.2, 0) is 9.59 Å². The third-order valence-electron chi connectivity index (χ3n) is 6.61. The smallest absolute Gasteiger partial charge is 0.251 e. The third-order valence-corrected chi connectivity index (χ3v) is 6.61. The Morgan fingerprint density at radius 3 is 1.36 bits per heavy atom. The Morgan fingerprint density at radius 2 is 1.11 bits per heavy atom. The zero-order valence-electron chi connectivity index (χ0n) is 17.3. The van der Waals surface area contributed by atoms with Crippen molar-refractivity contribution >= 4 is 11.8 Å². The molecule has 160 valence electrons. The van der Waals surface area contributed by atoms with Gasteiger partial charge in [-0.05, 0) is 32.1 Å². The summed E-state index contributed by atoms with van der Waals surface area (Å²) in [6.07, 6.45) is 1.94. The van der Waals surface area contributed by atoms with Crippen LogP contribution in [0.1, 0.15) is 33.1 Å². The number of hydrogen-bond acceptors (Lipinski definition) is 6. The lowest BCUT2D eigenvalue weighted by Gasteiger charge is -2.50. The number of piperazine rings is 2. The first-order valence-corrected chi connectivity index (χ1v) is 10.7. The summed E-state index contributed by atoms with van der Waals surface area (Å²) >= 11 is 0. The van der Waals surface area contributed by atoms with E-state index in [1.165, 1.54) is 33.1 Å². The summed E-state index contributed by atoms with van der Waals surface area (Å²) in [6, 6.07) is 0. The minimum atomic E-state index is -0.913. The molecule has 2 amide bonds. The molecule has 3 rings (SSSR count). The van der Waals surface area contributed by atoms with E-state index in [2.05, 4.69) is 9.80 Å². The highest BCUT2D eigenvalue weighted by Crippen LogP contribution is 2.42. The summed E-state index contributed by atoms with van der Waals surface area (Å²) in [5.74, 6) is -0.328. The van der Waals surface area contributed by atoms with Gasteiger partial charge in [0.25, 0.3) is 11.8 Å². The molecule has 0 bridgehead atoms. The molecule has 1 saturated carbocycles. The van der Waals surface area contributed by atoms with E-state index in [0.717, 1.165) is 39.3 Å². The van der Waals surface area contributed by atoms with Crippen LogP contribution < -0.4 is 0 Å². The fraction of sp³-hybridized carbons (Fsp3) is 0.900. The van der Waals surface area contributed by atoms with E-state index in [-0.39, 0.29) is 11.8 Å². The molecular formula is C20H36N4O4. The van der Waals surface area contributed by atoms with Gasteiger partial charge in [0.1, 0.15) is 12.2 Å². The average Bonchev–Trinajstić information content (AvgIpc) is 2.66. The molecule has 3 aliphatic rings. The van der Waals surface area contributed by atoms with Crippen LogP contribution in [0.15, 0.2) is 0 Å². The van der Waals surface area contributed by atoms with E-state index < -0.39 is 12.2 Å². The molecule has 2 atom stereocenters. The van der Waals surface area contributed by atoms with E-state index in [1.807, 2.05) is 0 Å². The molecule has 1 aliphatic carbocycles. The van der Waals surface area contributed by atoms with Crippen molar-refractivity contribution < 1.29 is 19.8 Å². The molecule has 28 heavy (non-hydrogen) atoms. The van der Waals surface area contributed by atoms with Gasteiger partial charge in [-0.1, -0.05) is 6.42 Å². The molecule has 3 fully saturated rings. The van der Waals surface area contributed by atoms with Gasteiger partial charge in [0.15, 0.2) is 0 Å². The lowest BCUT2D eigenvalue weighted by Crippen LogP contribution is -2.58. The molecule has 2 saturated heterocycles. The molecule has 0 aromatic rings. The Bertz CT molecular complexity index is 504. The first kappa shape index (κ1) is 21.5. The van der Waals surface area contributed by atoms with Crippen LogP contribution in [-0.4, -0.2) is 119 Å². The predicted molar refractivity (Wildman–Crippen MR) is 106 cm³/mol. The summed E-state index contributed by atoms with van der Waals surface area (Å²) < 4.78 is 0. The van der Waals surface area contributed by atoms with Crippen molar-refractivity contribution in [3.05, 3.63) is 0 Å². The second-order valence-electron chi connectivity index (χ2n) is 8.91. The molecule has 2 N–H and O–H groups in total. The van der Waals surface area contributed by atoms with Crippen molar-refractivity contribution in [3.8, 4) is 0 Å². The van der Waals surface area contributed by atoms with E-state index in [9.17, 15) is 19.8 Å². The van der Waals surface area contributed by atoms with Gasteiger partial charge in [-0.25, -0.2) is 0 Å². The van der Waals surface area contributed by atoms with Crippen molar-refractivity contribution in [2.75, 3.05) is 65.4 Å². The highest BCUT2D eigenvalue weighted by molar-refractivity contribution is 5.80. The molecule has 2 aliphatic heterocycles. The summed E-state index contributed by atoms with van der Waals surface area (Å²) in [4.78, 5) is 32.4. The number of aliphatic hydroxyl groups excluding tert-OH is 2. The van der Waals surface area contributed by atoms with Crippen molar-refractivity contribution in [2.24, 2.45) is 5.41 Å². The van der Waals surface area contributed by atoms with E-state index in [1.54, 1.807) is 9.80 Å². The molecule has 0 radical (unpaired) electrons. The number of carbonyl (C=O) groups excluding carboxylic acids is 2. The van der Waals surface area contributed by atoms with Gasteiger partial charge >= 0.3 is 0 Å².